The van der Waals surface area contributed by atoms with Crippen molar-refractivity contribution in [2.45, 2.75) is 26.4 Å². The first-order valence-corrected chi connectivity index (χ1v) is 8.95. The Kier molecular flexibility index (Phi) is 4.60. The van der Waals surface area contributed by atoms with Crippen molar-refractivity contribution in [1.82, 2.24) is 19.9 Å². The van der Waals surface area contributed by atoms with Gasteiger partial charge in [-0.05, 0) is 36.4 Å². The van der Waals surface area contributed by atoms with Gasteiger partial charge in [0.15, 0.2) is 5.82 Å². The summed E-state index contributed by atoms with van der Waals surface area (Å²) < 4.78 is 13.1. The number of rotatable bonds is 3. The fraction of sp³-hybridized carbons (Fsp3) is 0.200. The number of pyridine rings is 1. The molecule has 3 aromatic rings. The number of carbonyl (C=O) groups is 1. The highest BCUT2D eigenvalue weighted by atomic mass is 19.1. The zero-order valence-corrected chi connectivity index (χ0v) is 15.3. The lowest BCUT2D eigenvalue weighted by molar-refractivity contribution is 0.212. The summed E-state index contributed by atoms with van der Waals surface area (Å²) in [5.41, 5.74) is 9.46. The van der Waals surface area contributed by atoms with Crippen molar-refractivity contribution in [1.29, 1.82) is 0 Å². The van der Waals surface area contributed by atoms with Crippen LogP contribution in [0.2, 0.25) is 0 Å². The molecule has 28 heavy (non-hydrogen) atoms. The Hall–Kier alpha value is -3.55. The predicted molar refractivity (Wildman–Crippen MR) is 104 cm³/mol. The van der Waals surface area contributed by atoms with E-state index in [2.05, 4.69) is 20.3 Å². The Morgan fingerprint density at radius 1 is 1.18 bits per heavy atom. The molecular weight excluding hydrogens is 359 g/mol. The summed E-state index contributed by atoms with van der Waals surface area (Å²) >= 11 is 0. The average molecular weight is 378 g/mol. The third-order valence-corrected chi connectivity index (χ3v) is 4.60. The number of nitrogens with two attached hydrogens (primary N) is 1. The Morgan fingerprint density at radius 2 is 1.96 bits per heavy atom. The largest absolute Gasteiger partial charge is 0.396 e. The third kappa shape index (κ3) is 3.48. The van der Waals surface area contributed by atoms with Gasteiger partial charge < -0.3 is 10.6 Å². The van der Waals surface area contributed by atoms with E-state index in [1.165, 1.54) is 12.1 Å². The number of hydrogen-bond donors (Lipinski definition) is 2. The molecule has 0 fully saturated rings. The topological polar surface area (TPSA) is 97.0 Å². The second kappa shape index (κ2) is 7.22. The van der Waals surface area contributed by atoms with E-state index in [-0.39, 0.29) is 17.7 Å². The lowest BCUT2D eigenvalue weighted by Crippen LogP contribution is -2.31. The maximum atomic E-state index is 13.1. The highest BCUT2D eigenvalue weighted by Gasteiger charge is 2.26. The highest BCUT2D eigenvalue weighted by molar-refractivity contribution is 5.92. The van der Waals surface area contributed by atoms with Crippen LogP contribution in [-0.4, -0.2) is 25.9 Å². The van der Waals surface area contributed by atoms with Crippen molar-refractivity contribution < 1.29 is 9.18 Å². The minimum atomic E-state index is -0.323. The van der Waals surface area contributed by atoms with Gasteiger partial charge in [-0.3, -0.25) is 5.32 Å². The van der Waals surface area contributed by atoms with Gasteiger partial charge in [0.2, 0.25) is 0 Å². The van der Waals surface area contributed by atoms with Gasteiger partial charge in [-0.2, -0.15) is 0 Å². The SMILES string of the molecule is CCc1ncc2c(n1)CN(C(=O)Nc1nc(-c3ccc(F)cc3)ccc1N)C2. The van der Waals surface area contributed by atoms with Crippen molar-refractivity contribution in [3.63, 3.8) is 0 Å². The van der Waals surface area contributed by atoms with Gasteiger partial charge in [0.1, 0.15) is 11.6 Å². The monoisotopic (exact) mass is 378 g/mol. The number of amides is 2. The second-order valence-electron chi connectivity index (χ2n) is 6.54. The standard InChI is InChI=1S/C20H19FN6O/c1-2-18-23-9-13-10-27(11-17(13)24-18)20(28)26-19-15(22)7-8-16(25-19)12-3-5-14(21)6-4-12/h3-9H,2,10-11,22H2,1H3,(H,25,26,28). The molecule has 3 N–H and O–H groups in total. The van der Waals surface area contributed by atoms with E-state index in [1.54, 1.807) is 35.4 Å². The van der Waals surface area contributed by atoms with Crippen molar-refractivity contribution in [3.05, 3.63) is 65.5 Å². The van der Waals surface area contributed by atoms with E-state index in [1.807, 2.05) is 6.92 Å². The fourth-order valence-corrected chi connectivity index (χ4v) is 3.04. The Balaban J connectivity index is 1.52. The van der Waals surface area contributed by atoms with Gasteiger partial charge >= 0.3 is 6.03 Å². The van der Waals surface area contributed by atoms with Gasteiger partial charge in [-0.25, -0.2) is 24.1 Å². The van der Waals surface area contributed by atoms with Crippen molar-refractivity contribution >= 4 is 17.5 Å². The average Bonchev–Trinajstić information content (AvgIpc) is 3.13. The second-order valence-corrected chi connectivity index (χ2v) is 6.54. The van der Waals surface area contributed by atoms with Crippen LogP contribution in [0.1, 0.15) is 24.0 Å². The molecule has 1 aliphatic rings. The van der Waals surface area contributed by atoms with E-state index in [4.69, 9.17) is 5.73 Å². The number of urea groups is 1. The molecule has 7 nitrogen and oxygen atoms in total. The molecule has 3 heterocycles. The molecule has 0 saturated heterocycles. The number of aromatic nitrogens is 3. The summed E-state index contributed by atoms with van der Waals surface area (Å²) in [6.07, 6.45) is 2.52. The third-order valence-electron chi connectivity index (χ3n) is 4.60. The zero-order chi connectivity index (χ0) is 19.7. The lowest BCUT2D eigenvalue weighted by atomic mass is 10.1. The normalized spacial score (nSPS) is 12.7. The minimum Gasteiger partial charge on any atom is -0.396 e. The number of hydrogen-bond acceptors (Lipinski definition) is 5. The number of nitrogens with zero attached hydrogens (tertiary/aromatic N) is 4. The summed E-state index contributed by atoms with van der Waals surface area (Å²) in [6, 6.07) is 9.05. The molecule has 0 bridgehead atoms. The summed E-state index contributed by atoms with van der Waals surface area (Å²) in [4.78, 5) is 27.5. The first kappa shape index (κ1) is 17.8. The Morgan fingerprint density at radius 3 is 2.71 bits per heavy atom. The minimum absolute atomic E-state index is 0.267. The van der Waals surface area contributed by atoms with Crippen molar-refractivity contribution in [3.8, 4) is 11.3 Å². The van der Waals surface area contributed by atoms with Crippen LogP contribution in [0, 0.1) is 5.82 Å². The number of anilines is 2. The molecule has 2 aromatic heterocycles. The summed E-state index contributed by atoms with van der Waals surface area (Å²) in [5.74, 6) is 0.706. The van der Waals surface area contributed by atoms with Gasteiger partial charge in [-0.1, -0.05) is 6.92 Å². The quantitative estimate of drug-likeness (QED) is 0.728. The smallest absolute Gasteiger partial charge is 0.323 e. The van der Waals surface area contributed by atoms with Crippen molar-refractivity contribution in [2.24, 2.45) is 0 Å². The molecule has 142 valence electrons. The van der Waals surface area contributed by atoms with Crippen LogP contribution < -0.4 is 11.1 Å². The number of benzene rings is 1. The molecule has 1 aliphatic heterocycles. The molecular formula is C20H19FN6O. The van der Waals surface area contributed by atoms with E-state index < -0.39 is 0 Å². The number of aryl methyl sites for hydroxylation is 1. The maximum Gasteiger partial charge on any atom is 0.323 e. The first-order chi connectivity index (χ1) is 13.5. The molecule has 8 heteroatoms. The number of nitrogen functional groups attached to an aromatic ring is 1. The maximum absolute atomic E-state index is 13.1. The lowest BCUT2D eigenvalue weighted by Gasteiger charge is -2.17. The van der Waals surface area contributed by atoms with Crippen LogP contribution in [0.15, 0.2) is 42.6 Å². The van der Waals surface area contributed by atoms with Crippen molar-refractivity contribution in [2.75, 3.05) is 11.1 Å². The highest BCUT2D eigenvalue weighted by Crippen LogP contribution is 2.25. The molecule has 0 atom stereocenters. The number of halogens is 1. The van der Waals surface area contributed by atoms with Crippen LogP contribution >= 0.6 is 0 Å². The van der Waals surface area contributed by atoms with Gasteiger partial charge in [-0.15, -0.1) is 0 Å². The number of nitrogens with one attached hydrogen (secondary N) is 1. The molecule has 0 saturated carbocycles. The van der Waals surface area contributed by atoms with E-state index in [9.17, 15) is 9.18 Å². The van der Waals surface area contributed by atoms with Gasteiger partial charge in [0, 0.05) is 23.7 Å². The molecule has 0 spiro atoms. The van der Waals surface area contributed by atoms with Crippen LogP contribution in [0.5, 0.6) is 0 Å². The Bertz CT molecular complexity index is 1040. The van der Waals surface area contributed by atoms with E-state index in [0.717, 1.165) is 29.1 Å². The summed E-state index contributed by atoms with van der Waals surface area (Å²) in [6.45, 7) is 2.83. The molecule has 2 amide bonds. The fourth-order valence-electron chi connectivity index (χ4n) is 3.04. The predicted octanol–water partition coefficient (Wildman–Crippen LogP) is 3.37. The molecule has 0 aliphatic carbocycles. The first-order valence-electron chi connectivity index (χ1n) is 8.95. The number of fused-ring (bicyclic) bond motifs is 1. The van der Waals surface area contributed by atoms with E-state index in [0.29, 0.717) is 24.5 Å². The number of carbonyl (C=O) groups excluding carboxylic acids is 1. The molecule has 1 aromatic carbocycles. The van der Waals surface area contributed by atoms with E-state index >= 15 is 0 Å². The van der Waals surface area contributed by atoms with Gasteiger partial charge in [0.25, 0.3) is 0 Å². The van der Waals surface area contributed by atoms with Crippen LogP contribution in [0.4, 0.5) is 20.7 Å². The molecule has 4 rings (SSSR count). The molecule has 0 unspecified atom stereocenters. The Labute approximate surface area is 161 Å². The summed E-state index contributed by atoms with van der Waals surface area (Å²) in [7, 11) is 0. The van der Waals surface area contributed by atoms with Crippen LogP contribution in [0.25, 0.3) is 11.3 Å². The van der Waals surface area contributed by atoms with Crippen LogP contribution in [0.3, 0.4) is 0 Å². The molecule has 0 radical (unpaired) electrons. The van der Waals surface area contributed by atoms with Gasteiger partial charge in [0.05, 0.1) is 30.2 Å². The zero-order valence-electron chi connectivity index (χ0n) is 15.3. The van der Waals surface area contributed by atoms with Crippen LogP contribution in [-0.2, 0) is 19.5 Å². The summed E-state index contributed by atoms with van der Waals surface area (Å²) in [5, 5.41) is 2.77.